The lowest BCUT2D eigenvalue weighted by atomic mass is 9.53. The first-order chi connectivity index (χ1) is 8.05. The summed E-state index contributed by atoms with van der Waals surface area (Å²) in [6, 6.07) is 10.9. The van der Waals surface area contributed by atoms with E-state index >= 15 is 0 Å². The highest BCUT2D eigenvalue weighted by molar-refractivity contribution is 5.47. The van der Waals surface area contributed by atoms with E-state index in [9.17, 15) is 0 Å². The highest BCUT2D eigenvalue weighted by atomic mass is 15.2. The minimum absolute atomic E-state index is 0.496. The Morgan fingerprint density at radius 2 is 1.59 bits per heavy atom. The van der Waals surface area contributed by atoms with Crippen LogP contribution >= 0.6 is 0 Å². The number of piperidine rings is 2. The third kappa shape index (κ3) is 1.86. The minimum atomic E-state index is 0.496. The van der Waals surface area contributed by atoms with Crippen molar-refractivity contribution in [2.75, 3.05) is 18.0 Å². The first-order valence-electron chi connectivity index (χ1n) is 6.86. The van der Waals surface area contributed by atoms with Crippen molar-refractivity contribution >= 4 is 5.69 Å². The number of anilines is 1. The van der Waals surface area contributed by atoms with E-state index in [1.54, 1.807) is 0 Å². The minimum Gasteiger partial charge on any atom is -0.371 e. The first-order valence-corrected chi connectivity index (χ1v) is 6.86. The van der Waals surface area contributed by atoms with Gasteiger partial charge in [-0.3, -0.25) is 0 Å². The quantitative estimate of drug-likeness (QED) is 0.708. The molecule has 1 nitrogen and oxygen atoms in total. The number of hydrogen-bond donors (Lipinski definition) is 0. The molecule has 1 heteroatoms. The molecule has 2 atom stereocenters. The van der Waals surface area contributed by atoms with Gasteiger partial charge in [-0.2, -0.15) is 0 Å². The molecule has 2 unspecified atom stereocenters. The van der Waals surface area contributed by atoms with E-state index in [-0.39, 0.29) is 0 Å². The molecule has 3 fully saturated rings. The summed E-state index contributed by atoms with van der Waals surface area (Å²) in [6.07, 6.45) is 1.46. The van der Waals surface area contributed by atoms with Crippen LogP contribution in [-0.4, -0.2) is 13.1 Å². The smallest absolute Gasteiger partial charge is 0.0366 e. The second-order valence-electron chi connectivity index (χ2n) is 6.89. The van der Waals surface area contributed by atoms with Crippen LogP contribution in [0.1, 0.15) is 27.2 Å². The number of para-hydroxylation sites is 1. The molecular formula is C16H23N. The van der Waals surface area contributed by atoms with Crippen LogP contribution in [0.4, 0.5) is 5.69 Å². The highest BCUT2D eigenvalue weighted by Gasteiger charge is 2.51. The molecular weight excluding hydrogens is 206 g/mol. The maximum absolute atomic E-state index is 2.58. The van der Waals surface area contributed by atoms with Gasteiger partial charge in [0.1, 0.15) is 0 Å². The SMILES string of the molecule is CC(C)(C)C1C2CC1CN(c1ccccc1)C2. The summed E-state index contributed by atoms with van der Waals surface area (Å²) in [6.45, 7) is 9.77. The van der Waals surface area contributed by atoms with Crippen LogP contribution < -0.4 is 4.90 Å². The maximum Gasteiger partial charge on any atom is 0.0366 e. The monoisotopic (exact) mass is 229 g/mol. The fourth-order valence-electron chi connectivity index (χ4n) is 4.15. The van der Waals surface area contributed by atoms with Crippen molar-refractivity contribution in [3.63, 3.8) is 0 Å². The molecule has 2 aliphatic heterocycles. The molecule has 0 radical (unpaired) electrons. The summed E-state index contributed by atoms with van der Waals surface area (Å²) in [4.78, 5) is 2.58. The van der Waals surface area contributed by atoms with E-state index in [4.69, 9.17) is 0 Å². The Morgan fingerprint density at radius 3 is 2.12 bits per heavy atom. The number of benzene rings is 1. The lowest BCUT2D eigenvalue weighted by Crippen LogP contribution is -2.59. The van der Waals surface area contributed by atoms with Gasteiger partial charge in [-0.05, 0) is 41.7 Å². The predicted octanol–water partition coefficient (Wildman–Crippen LogP) is 3.81. The molecule has 1 aliphatic carbocycles. The zero-order chi connectivity index (χ0) is 12.0. The van der Waals surface area contributed by atoms with Crippen LogP contribution in [0.2, 0.25) is 0 Å². The van der Waals surface area contributed by atoms with Crippen molar-refractivity contribution < 1.29 is 0 Å². The Bertz CT molecular complexity index is 378. The number of nitrogens with zero attached hydrogens (tertiary/aromatic N) is 1. The molecule has 4 rings (SSSR count). The molecule has 2 heterocycles. The molecule has 3 aliphatic rings. The Balaban J connectivity index is 1.73. The Morgan fingerprint density at radius 1 is 1.00 bits per heavy atom. The molecule has 0 aromatic heterocycles. The fourth-order valence-corrected chi connectivity index (χ4v) is 4.15. The van der Waals surface area contributed by atoms with Crippen LogP contribution in [0.3, 0.4) is 0 Å². The van der Waals surface area contributed by atoms with Crippen molar-refractivity contribution in [1.29, 1.82) is 0 Å². The second kappa shape index (κ2) is 3.76. The van der Waals surface area contributed by atoms with Gasteiger partial charge in [-0.1, -0.05) is 39.0 Å². The van der Waals surface area contributed by atoms with Gasteiger partial charge >= 0.3 is 0 Å². The topological polar surface area (TPSA) is 3.24 Å². The predicted molar refractivity (Wildman–Crippen MR) is 73.2 cm³/mol. The number of rotatable bonds is 1. The van der Waals surface area contributed by atoms with Crippen LogP contribution in [-0.2, 0) is 0 Å². The normalized spacial score (nSPS) is 32.2. The lowest BCUT2D eigenvalue weighted by Gasteiger charge is -2.59. The lowest BCUT2D eigenvalue weighted by molar-refractivity contribution is -0.0333. The van der Waals surface area contributed by atoms with E-state index in [1.165, 1.54) is 25.2 Å². The molecule has 1 aromatic carbocycles. The first kappa shape index (κ1) is 11.1. The van der Waals surface area contributed by atoms with Crippen molar-refractivity contribution in [3.05, 3.63) is 30.3 Å². The standard InChI is InChI=1S/C16H23N/c1-16(2,3)15-12-9-13(15)11-17(10-12)14-7-5-4-6-8-14/h4-8,12-13,15H,9-11H2,1-3H3. The van der Waals surface area contributed by atoms with Crippen molar-refractivity contribution in [1.82, 2.24) is 0 Å². The molecule has 1 aromatic rings. The van der Waals surface area contributed by atoms with Gasteiger partial charge in [-0.25, -0.2) is 0 Å². The average Bonchev–Trinajstić information content (AvgIpc) is 2.28. The van der Waals surface area contributed by atoms with Crippen LogP contribution in [0, 0.1) is 23.2 Å². The van der Waals surface area contributed by atoms with Crippen LogP contribution in [0.5, 0.6) is 0 Å². The molecule has 2 saturated heterocycles. The van der Waals surface area contributed by atoms with E-state index in [1.807, 2.05) is 0 Å². The number of fused-ring (bicyclic) bond motifs is 2. The maximum atomic E-state index is 2.58. The van der Waals surface area contributed by atoms with Gasteiger partial charge in [0.2, 0.25) is 0 Å². The molecule has 1 saturated carbocycles. The van der Waals surface area contributed by atoms with Gasteiger partial charge in [0.05, 0.1) is 0 Å². The summed E-state index contributed by atoms with van der Waals surface area (Å²) < 4.78 is 0. The molecule has 0 spiro atoms. The molecule has 2 bridgehead atoms. The van der Waals surface area contributed by atoms with Crippen molar-refractivity contribution in [2.24, 2.45) is 23.2 Å². The Kier molecular flexibility index (Phi) is 2.46. The molecule has 0 amide bonds. The molecule has 17 heavy (non-hydrogen) atoms. The third-order valence-electron chi connectivity index (χ3n) is 4.65. The van der Waals surface area contributed by atoms with E-state index < -0.39 is 0 Å². The summed E-state index contributed by atoms with van der Waals surface area (Å²) in [5.41, 5.74) is 1.91. The van der Waals surface area contributed by atoms with E-state index in [0.717, 1.165) is 17.8 Å². The van der Waals surface area contributed by atoms with Gasteiger partial charge in [0.15, 0.2) is 0 Å². The van der Waals surface area contributed by atoms with Crippen LogP contribution in [0.15, 0.2) is 30.3 Å². The van der Waals surface area contributed by atoms with Crippen LogP contribution in [0.25, 0.3) is 0 Å². The average molecular weight is 229 g/mol. The van der Waals surface area contributed by atoms with Gasteiger partial charge in [0, 0.05) is 18.8 Å². The summed E-state index contributed by atoms with van der Waals surface area (Å²) in [7, 11) is 0. The van der Waals surface area contributed by atoms with E-state index in [2.05, 4.69) is 56.0 Å². The van der Waals surface area contributed by atoms with Crippen molar-refractivity contribution in [3.8, 4) is 0 Å². The van der Waals surface area contributed by atoms with Gasteiger partial charge < -0.3 is 4.90 Å². The summed E-state index contributed by atoms with van der Waals surface area (Å²) >= 11 is 0. The Labute approximate surface area is 105 Å². The van der Waals surface area contributed by atoms with Gasteiger partial charge in [-0.15, -0.1) is 0 Å². The third-order valence-corrected chi connectivity index (χ3v) is 4.65. The van der Waals surface area contributed by atoms with Crippen molar-refractivity contribution in [2.45, 2.75) is 27.2 Å². The van der Waals surface area contributed by atoms with Gasteiger partial charge in [0.25, 0.3) is 0 Å². The largest absolute Gasteiger partial charge is 0.371 e. The molecule has 0 N–H and O–H groups in total. The summed E-state index contributed by atoms with van der Waals surface area (Å²) in [5.74, 6) is 2.80. The second-order valence-corrected chi connectivity index (χ2v) is 6.89. The van der Waals surface area contributed by atoms with E-state index in [0.29, 0.717) is 5.41 Å². The summed E-state index contributed by atoms with van der Waals surface area (Å²) in [5, 5.41) is 0. The zero-order valence-electron chi connectivity index (χ0n) is 11.2. The highest BCUT2D eigenvalue weighted by Crippen LogP contribution is 2.54. The zero-order valence-corrected chi connectivity index (χ0v) is 11.2. The Hall–Kier alpha value is -0.980. The number of hydrogen-bond acceptors (Lipinski definition) is 1. The fraction of sp³-hybridized carbons (Fsp3) is 0.625. The molecule has 92 valence electrons.